The Kier molecular flexibility index (Phi) is 3.46. The molecule has 0 spiro atoms. The first kappa shape index (κ1) is 13.0. The summed E-state index contributed by atoms with van der Waals surface area (Å²) in [7, 11) is 0. The normalized spacial score (nSPS) is 10.5. The molecule has 3 N–H and O–H groups in total. The van der Waals surface area contributed by atoms with Gasteiger partial charge in [0.1, 0.15) is 11.4 Å². The van der Waals surface area contributed by atoms with Gasteiger partial charge in [0.05, 0.1) is 17.6 Å². The maximum atomic E-state index is 13.6. The average molecular weight is 266 g/mol. The summed E-state index contributed by atoms with van der Waals surface area (Å²) >= 11 is 0. The molecule has 19 heavy (non-hydrogen) atoms. The largest absolute Gasteiger partial charge is 0.396 e. The zero-order valence-electron chi connectivity index (χ0n) is 10.2. The third-order valence-corrected chi connectivity index (χ3v) is 2.56. The minimum Gasteiger partial charge on any atom is -0.396 e. The number of nitrogens with zero attached hydrogens (tertiary/aromatic N) is 2. The van der Waals surface area contributed by atoms with Gasteiger partial charge in [-0.2, -0.15) is 5.10 Å². The van der Waals surface area contributed by atoms with Gasteiger partial charge in [-0.05, 0) is 19.1 Å². The molecule has 1 aromatic carbocycles. The highest BCUT2D eigenvalue weighted by molar-refractivity contribution is 6.05. The molecule has 0 radical (unpaired) electrons. The van der Waals surface area contributed by atoms with Gasteiger partial charge in [-0.1, -0.05) is 0 Å². The Balaban J connectivity index is 2.27. The van der Waals surface area contributed by atoms with Crippen LogP contribution in [0.25, 0.3) is 0 Å². The van der Waals surface area contributed by atoms with Crippen LogP contribution in [0.4, 0.5) is 20.2 Å². The maximum absolute atomic E-state index is 13.6. The number of benzene rings is 1. The highest BCUT2D eigenvalue weighted by Gasteiger charge is 2.20. The monoisotopic (exact) mass is 266 g/mol. The van der Waals surface area contributed by atoms with Crippen LogP contribution >= 0.6 is 0 Å². The van der Waals surface area contributed by atoms with Crippen LogP contribution in [-0.4, -0.2) is 15.7 Å². The van der Waals surface area contributed by atoms with Crippen molar-refractivity contribution in [2.45, 2.75) is 13.5 Å². The van der Waals surface area contributed by atoms with Crippen molar-refractivity contribution in [2.75, 3.05) is 11.1 Å². The van der Waals surface area contributed by atoms with E-state index in [4.69, 9.17) is 5.73 Å². The van der Waals surface area contributed by atoms with Gasteiger partial charge in [0, 0.05) is 12.7 Å². The second kappa shape index (κ2) is 5.05. The van der Waals surface area contributed by atoms with Gasteiger partial charge in [0.15, 0.2) is 5.82 Å². The molecule has 0 aliphatic heterocycles. The van der Waals surface area contributed by atoms with Crippen LogP contribution < -0.4 is 11.1 Å². The molecule has 0 aliphatic carbocycles. The Hall–Kier alpha value is -2.44. The van der Waals surface area contributed by atoms with Crippen molar-refractivity contribution >= 4 is 17.3 Å². The minimum absolute atomic E-state index is 0.282. The lowest BCUT2D eigenvalue weighted by Crippen LogP contribution is -2.16. The van der Waals surface area contributed by atoms with Crippen LogP contribution in [-0.2, 0) is 6.54 Å². The summed E-state index contributed by atoms with van der Waals surface area (Å²) in [6, 6.07) is 2.01. The topological polar surface area (TPSA) is 72.9 Å². The number of anilines is 2. The molecule has 1 amide bonds. The molecule has 2 rings (SSSR count). The number of rotatable bonds is 3. The smallest absolute Gasteiger partial charge is 0.261 e. The van der Waals surface area contributed by atoms with Crippen LogP contribution in [0.15, 0.2) is 24.5 Å². The fourth-order valence-electron chi connectivity index (χ4n) is 1.57. The Morgan fingerprint density at radius 1 is 1.47 bits per heavy atom. The molecule has 5 nitrogen and oxygen atoms in total. The fourth-order valence-corrected chi connectivity index (χ4v) is 1.57. The molecule has 0 unspecified atom stereocenters. The van der Waals surface area contributed by atoms with Gasteiger partial charge in [-0.3, -0.25) is 9.48 Å². The van der Waals surface area contributed by atoms with E-state index in [1.807, 2.05) is 6.92 Å². The lowest BCUT2D eigenvalue weighted by atomic mass is 10.1. The molecule has 2 aromatic rings. The number of aromatic nitrogens is 2. The summed E-state index contributed by atoms with van der Waals surface area (Å²) in [4.78, 5) is 11.8. The van der Waals surface area contributed by atoms with Crippen molar-refractivity contribution in [1.29, 1.82) is 0 Å². The van der Waals surface area contributed by atoms with Crippen LogP contribution in [0.5, 0.6) is 0 Å². The predicted octanol–water partition coefficient (Wildman–Crippen LogP) is 2.02. The molecule has 0 fully saturated rings. The van der Waals surface area contributed by atoms with E-state index in [0.29, 0.717) is 12.2 Å². The quantitative estimate of drug-likeness (QED) is 0.835. The van der Waals surface area contributed by atoms with Gasteiger partial charge in [0.25, 0.3) is 5.91 Å². The van der Waals surface area contributed by atoms with Crippen molar-refractivity contribution in [3.8, 4) is 0 Å². The molecule has 0 atom stereocenters. The molecule has 1 heterocycles. The highest BCUT2D eigenvalue weighted by Crippen LogP contribution is 2.20. The summed E-state index contributed by atoms with van der Waals surface area (Å²) < 4.78 is 28.7. The number of carbonyl (C=O) groups is 1. The number of hydrogen-bond acceptors (Lipinski definition) is 3. The van der Waals surface area contributed by atoms with E-state index in [0.717, 1.165) is 12.1 Å². The van der Waals surface area contributed by atoms with E-state index in [-0.39, 0.29) is 5.69 Å². The van der Waals surface area contributed by atoms with Gasteiger partial charge in [0.2, 0.25) is 0 Å². The van der Waals surface area contributed by atoms with Crippen molar-refractivity contribution in [3.63, 3.8) is 0 Å². The second-order valence-electron chi connectivity index (χ2n) is 3.86. The third-order valence-electron chi connectivity index (χ3n) is 2.56. The van der Waals surface area contributed by atoms with E-state index in [1.54, 1.807) is 10.9 Å². The number of nitrogens with two attached hydrogens (primary N) is 1. The minimum atomic E-state index is -1.07. The number of amides is 1. The Morgan fingerprint density at radius 2 is 2.21 bits per heavy atom. The lowest BCUT2D eigenvalue weighted by molar-refractivity contribution is 0.101. The SMILES string of the molecule is CCn1cc(NC(=O)c2c(F)ccc(N)c2F)cn1. The lowest BCUT2D eigenvalue weighted by Gasteiger charge is -2.06. The molecule has 7 heteroatoms. The number of nitrogen functional groups attached to an aromatic ring is 1. The van der Waals surface area contributed by atoms with Crippen LogP contribution in [0.1, 0.15) is 17.3 Å². The summed E-state index contributed by atoms with van der Waals surface area (Å²) in [6.45, 7) is 2.49. The van der Waals surface area contributed by atoms with Gasteiger partial charge in [-0.15, -0.1) is 0 Å². The van der Waals surface area contributed by atoms with Crippen LogP contribution in [0.2, 0.25) is 0 Å². The van der Waals surface area contributed by atoms with E-state index < -0.39 is 23.1 Å². The van der Waals surface area contributed by atoms with Gasteiger partial charge < -0.3 is 11.1 Å². The number of halogens is 2. The number of carbonyl (C=O) groups excluding carboxylic acids is 1. The van der Waals surface area contributed by atoms with Crippen LogP contribution in [0, 0.1) is 11.6 Å². The van der Waals surface area contributed by atoms with Crippen LogP contribution in [0.3, 0.4) is 0 Å². The number of aryl methyl sites for hydroxylation is 1. The van der Waals surface area contributed by atoms with Crippen molar-refractivity contribution in [3.05, 3.63) is 41.7 Å². The van der Waals surface area contributed by atoms with E-state index in [2.05, 4.69) is 10.4 Å². The standard InChI is InChI=1S/C12H12F2N4O/c1-2-18-6-7(5-16-18)17-12(19)10-8(13)3-4-9(15)11(10)14/h3-6H,2,15H2,1H3,(H,17,19). The highest BCUT2D eigenvalue weighted by atomic mass is 19.1. The first-order chi connectivity index (χ1) is 9.02. The van der Waals surface area contributed by atoms with E-state index >= 15 is 0 Å². The second-order valence-corrected chi connectivity index (χ2v) is 3.86. The first-order valence-corrected chi connectivity index (χ1v) is 5.60. The summed E-state index contributed by atoms with van der Waals surface area (Å²) in [5, 5.41) is 6.30. The zero-order chi connectivity index (χ0) is 14.0. The predicted molar refractivity (Wildman–Crippen MR) is 66.6 cm³/mol. The third kappa shape index (κ3) is 2.54. The molecule has 1 aromatic heterocycles. The van der Waals surface area contributed by atoms with Gasteiger partial charge in [-0.25, -0.2) is 8.78 Å². The zero-order valence-corrected chi connectivity index (χ0v) is 10.2. The molecule has 0 aliphatic rings. The van der Waals surface area contributed by atoms with Gasteiger partial charge >= 0.3 is 0 Å². The number of nitrogens with one attached hydrogen (secondary N) is 1. The summed E-state index contributed by atoms with van der Waals surface area (Å²) in [5.74, 6) is -2.94. The summed E-state index contributed by atoms with van der Waals surface area (Å²) in [6.07, 6.45) is 2.95. The Labute approximate surface area is 108 Å². The molecule has 0 bridgehead atoms. The fraction of sp³-hybridized carbons (Fsp3) is 0.167. The average Bonchev–Trinajstić information content (AvgIpc) is 2.82. The van der Waals surface area contributed by atoms with Crippen molar-refractivity contribution < 1.29 is 13.6 Å². The maximum Gasteiger partial charge on any atom is 0.261 e. The molecule has 0 saturated carbocycles. The molecular formula is C12H12F2N4O. The van der Waals surface area contributed by atoms with E-state index in [1.165, 1.54) is 6.20 Å². The van der Waals surface area contributed by atoms with E-state index in [9.17, 15) is 13.6 Å². The Morgan fingerprint density at radius 3 is 2.84 bits per heavy atom. The summed E-state index contributed by atoms with van der Waals surface area (Å²) in [5.41, 5.74) is 4.68. The van der Waals surface area contributed by atoms with Crippen molar-refractivity contribution in [2.24, 2.45) is 0 Å². The molecular weight excluding hydrogens is 254 g/mol. The first-order valence-electron chi connectivity index (χ1n) is 5.60. The van der Waals surface area contributed by atoms with Crippen molar-refractivity contribution in [1.82, 2.24) is 9.78 Å². The molecule has 0 saturated heterocycles. The number of hydrogen-bond donors (Lipinski definition) is 2. The Bertz CT molecular complexity index is 624. The molecule has 100 valence electrons.